The molecule has 0 atom stereocenters. The molecule has 1 aromatic carbocycles. The normalized spacial score (nSPS) is 11.5. The number of hydrogen-bond acceptors (Lipinski definition) is 5. The molecule has 4 nitrogen and oxygen atoms in total. The van der Waals surface area contributed by atoms with Crippen LogP contribution in [0, 0.1) is 6.92 Å². The van der Waals surface area contributed by atoms with Gasteiger partial charge in [-0.15, -0.1) is 0 Å². The molecule has 0 spiro atoms. The highest BCUT2D eigenvalue weighted by Crippen LogP contribution is 2.47. The van der Waals surface area contributed by atoms with Crippen LogP contribution < -0.4 is 4.52 Å². The van der Waals surface area contributed by atoms with Gasteiger partial charge >= 0.3 is 7.82 Å². The first kappa shape index (κ1) is 13.6. The van der Waals surface area contributed by atoms with Gasteiger partial charge in [0.15, 0.2) is 0 Å². The number of thiol groups is 1. The predicted octanol–water partition coefficient (Wildman–Crippen LogP) is 3.20. The van der Waals surface area contributed by atoms with Gasteiger partial charge in [-0.25, -0.2) is 4.57 Å². The van der Waals surface area contributed by atoms with Gasteiger partial charge in [0.05, 0.1) is 0 Å². The summed E-state index contributed by atoms with van der Waals surface area (Å²) in [5.41, 5.74) is 2.12. The molecule has 1 rings (SSSR count). The minimum atomic E-state index is -3.47. The van der Waals surface area contributed by atoms with E-state index in [1.165, 1.54) is 14.2 Å². The van der Waals surface area contributed by atoms with E-state index in [1.807, 2.05) is 13.0 Å². The average Bonchev–Trinajstić information content (AvgIpc) is 2.29. The van der Waals surface area contributed by atoms with Crippen LogP contribution in [0.1, 0.15) is 11.1 Å². The molecule has 0 aromatic heterocycles. The summed E-state index contributed by atoms with van der Waals surface area (Å²) in [6.45, 7) is 1.93. The third-order valence-electron chi connectivity index (χ3n) is 2.15. The maximum Gasteiger partial charge on any atom is 0.529 e. The molecule has 0 aliphatic heterocycles. The van der Waals surface area contributed by atoms with Gasteiger partial charge in [0.1, 0.15) is 5.75 Å². The minimum absolute atomic E-state index is 0.454. The molecule has 0 amide bonds. The van der Waals surface area contributed by atoms with Crippen LogP contribution >= 0.6 is 20.5 Å². The van der Waals surface area contributed by atoms with E-state index in [4.69, 9.17) is 4.52 Å². The molecule has 0 unspecified atom stereocenters. The van der Waals surface area contributed by atoms with E-state index in [0.29, 0.717) is 11.5 Å². The molecule has 0 radical (unpaired) electrons. The second kappa shape index (κ2) is 5.73. The number of aryl methyl sites for hydroxylation is 1. The lowest BCUT2D eigenvalue weighted by molar-refractivity contribution is 0.211. The molecule has 6 heteroatoms. The van der Waals surface area contributed by atoms with E-state index in [1.54, 1.807) is 12.1 Å². The van der Waals surface area contributed by atoms with Crippen LogP contribution in [-0.4, -0.2) is 14.2 Å². The molecule has 0 aliphatic carbocycles. The predicted molar refractivity (Wildman–Crippen MR) is 66.1 cm³/mol. The molecular formula is C10H15O4PS. The van der Waals surface area contributed by atoms with Crippen LogP contribution in [0.3, 0.4) is 0 Å². The SMILES string of the molecule is COP(=O)(OC)Oc1ccc(CS)c(C)c1. The second-order valence-corrected chi connectivity index (χ2v) is 5.27. The molecule has 1 aromatic rings. The summed E-state index contributed by atoms with van der Waals surface area (Å²) in [5.74, 6) is 1.10. The summed E-state index contributed by atoms with van der Waals surface area (Å²) < 4.78 is 26.2. The van der Waals surface area contributed by atoms with Crippen molar-refractivity contribution in [2.24, 2.45) is 0 Å². The lowest BCUT2D eigenvalue weighted by Crippen LogP contribution is -1.98. The molecule has 90 valence electrons. The van der Waals surface area contributed by atoms with Gasteiger partial charge in [-0.3, -0.25) is 9.05 Å². The molecule has 0 aliphatic rings. The van der Waals surface area contributed by atoms with E-state index < -0.39 is 7.82 Å². The number of benzene rings is 1. The summed E-state index contributed by atoms with van der Waals surface area (Å²) in [6.07, 6.45) is 0. The number of phosphoric acid groups is 1. The highest BCUT2D eigenvalue weighted by Gasteiger charge is 2.24. The lowest BCUT2D eigenvalue weighted by Gasteiger charge is -2.15. The van der Waals surface area contributed by atoms with Crippen molar-refractivity contribution in [1.29, 1.82) is 0 Å². The van der Waals surface area contributed by atoms with Crippen molar-refractivity contribution in [1.82, 2.24) is 0 Å². The summed E-state index contributed by atoms with van der Waals surface area (Å²) >= 11 is 4.19. The first-order valence-corrected chi connectivity index (χ1v) is 6.75. The van der Waals surface area contributed by atoms with Crippen LogP contribution in [-0.2, 0) is 19.4 Å². The van der Waals surface area contributed by atoms with Gasteiger partial charge in [-0.1, -0.05) is 6.07 Å². The van der Waals surface area contributed by atoms with Crippen LogP contribution in [0.25, 0.3) is 0 Å². The first-order valence-electron chi connectivity index (χ1n) is 4.66. The van der Waals surface area contributed by atoms with E-state index >= 15 is 0 Å². The van der Waals surface area contributed by atoms with Gasteiger partial charge in [0.2, 0.25) is 0 Å². The van der Waals surface area contributed by atoms with Crippen LogP contribution in [0.2, 0.25) is 0 Å². The highest BCUT2D eigenvalue weighted by atomic mass is 32.1. The number of rotatable bonds is 5. The Bertz CT molecular complexity index is 400. The topological polar surface area (TPSA) is 44.8 Å². The summed E-state index contributed by atoms with van der Waals surface area (Å²) in [4.78, 5) is 0. The fraction of sp³-hybridized carbons (Fsp3) is 0.400. The van der Waals surface area contributed by atoms with Crippen molar-refractivity contribution in [3.05, 3.63) is 29.3 Å². The van der Waals surface area contributed by atoms with E-state index in [-0.39, 0.29) is 0 Å². The Morgan fingerprint density at radius 2 is 1.94 bits per heavy atom. The van der Waals surface area contributed by atoms with E-state index in [2.05, 4.69) is 21.7 Å². The quantitative estimate of drug-likeness (QED) is 0.653. The third kappa shape index (κ3) is 3.25. The maximum absolute atomic E-state index is 11.7. The van der Waals surface area contributed by atoms with Crippen molar-refractivity contribution in [2.45, 2.75) is 12.7 Å². The van der Waals surface area contributed by atoms with Gasteiger partial charge in [-0.05, 0) is 30.2 Å². The molecule has 0 fully saturated rings. The van der Waals surface area contributed by atoms with Gasteiger partial charge in [0, 0.05) is 20.0 Å². The second-order valence-electron chi connectivity index (χ2n) is 3.15. The van der Waals surface area contributed by atoms with Gasteiger partial charge in [0.25, 0.3) is 0 Å². The standard InChI is InChI=1S/C10H15O4PS/c1-8-6-10(5-4-9(8)7-16)14-15(11,12-2)13-3/h4-6,16H,7H2,1-3H3. The summed E-state index contributed by atoms with van der Waals surface area (Å²) in [7, 11) is -0.912. The summed E-state index contributed by atoms with van der Waals surface area (Å²) in [6, 6.07) is 5.35. The largest absolute Gasteiger partial charge is 0.529 e. The number of phosphoric ester groups is 1. The molecule has 0 saturated heterocycles. The highest BCUT2D eigenvalue weighted by molar-refractivity contribution is 7.79. The zero-order chi connectivity index (χ0) is 12.2. The maximum atomic E-state index is 11.7. The minimum Gasteiger partial charge on any atom is -0.404 e. The molecular weight excluding hydrogens is 247 g/mol. The number of hydrogen-bond donors (Lipinski definition) is 1. The van der Waals surface area contributed by atoms with Crippen LogP contribution in [0.15, 0.2) is 18.2 Å². The van der Waals surface area contributed by atoms with Gasteiger partial charge < -0.3 is 4.52 Å². The molecule has 0 saturated carbocycles. The Kier molecular flexibility index (Phi) is 4.87. The lowest BCUT2D eigenvalue weighted by atomic mass is 10.1. The Labute approximate surface area is 101 Å². The zero-order valence-corrected chi connectivity index (χ0v) is 11.3. The van der Waals surface area contributed by atoms with Crippen molar-refractivity contribution in [2.75, 3.05) is 14.2 Å². The van der Waals surface area contributed by atoms with Crippen molar-refractivity contribution >= 4 is 20.5 Å². The smallest absolute Gasteiger partial charge is 0.404 e. The van der Waals surface area contributed by atoms with Crippen LogP contribution in [0.4, 0.5) is 0 Å². The van der Waals surface area contributed by atoms with Crippen molar-refractivity contribution in [3.63, 3.8) is 0 Å². The fourth-order valence-corrected chi connectivity index (χ4v) is 2.21. The molecule has 0 N–H and O–H groups in total. The average molecular weight is 262 g/mol. The monoisotopic (exact) mass is 262 g/mol. The fourth-order valence-electron chi connectivity index (χ4n) is 1.18. The Morgan fingerprint density at radius 3 is 2.38 bits per heavy atom. The Balaban J connectivity index is 2.91. The third-order valence-corrected chi connectivity index (χ3v) is 3.82. The Morgan fingerprint density at radius 1 is 1.31 bits per heavy atom. The van der Waals surface area contributed by atoms with Crippen LogP contribution in [0.5, 0.6) is 5.75 Å². The molecule has 16 heavy (non-hydrogen) atoms. The van der Waals surface area contributed by atoms with E-state index in [9.17, 15) is 4.57 Å². The van der Waals surface area contributed by atoms with Gasteiger partial charge in [-0.2, -0.15) is 12.6 Å². The molecule has 0 heterocycles. The molecule has 0 bridgehead atoms. The summed E-state index contributed by atoms with van der Waals surface area (Å²) in [5, 5.41) is 0. The van der Waals surface area contributed by atoms with E-state index in [0.717, 1.165) is 11.1 Å². The first-order chi connectivity index (χ1) is 7.54. The Hall–Kier alpha value is -0.480. The van der Waals surface area contributed by atoms with Crippen molar-refractivity contribution < 1.29 is 18.1 Å². The van der Waals surface area contributed by atoms with Crippen molar-refractivity contribution in [3.8, 4) is 5.75 Å². The zero-order valence-electron chi connectivity index (χ0n) is 9.47.